The van der Waals surface area contributed by atoms with Gasteiger partial charge in [-0.25, -0.2) is 9.78 Å². The predicted octanol–water partition coefficient (Wildman–Crippen LogP) is 5.70. The van der Waals surface area contributed by atoms with E-state index in [9.17, 15) is 9.90 Å². The van der Waals surface area contributed by atoms with Crippen LogP contribution in [0.4, 0.5) is 0 Å². The van der Waals surface area contributed by atoms with E-state index in [1.54, 1.807) is 17.8 Å². The van der Waals surface area contributed by atoms with Gasteiger partial charge in [0, 0.05) is 20.6 Å². The molecule has 0 unspecified atom stereocenters. The first-order valence-electron chi connectivity index (χ1n) is 8.32. The molecule has 0 radical (unpaired) electrons. The number of carbonyl (C=O) groups is 1. The fraction of sp³-hybridized carbons (Fsp3) is 0.200. The molecule has 0 amide bonds. The van der Waals surface area contributed by atoms with Crippen molar-refractivity contribution < 1.29 is 14.6 Å². The van der Waals surface area contributed by atoms with E-state index in [0.29, 0.717) is 17.4 Å². The zero-order valence-electron chi connectivity index (χ0n) is 14.2. The summed E-state index contributed by atoms with van der Waals surface area (Å²) in [7, 11) is 0. The third-order valence-corrected chi connectivity index (χ3v) is 5.09. The molecule has 1 aromatic heterocycles. The van der Waals surface area contributed by atoms with Gasteiger partial charge in [0.15, 0.2) is 11.4 Å². The maximum atomic E-state index is 12.1. The van der Waals surface area contributed by atoms with Crippen LogP contribution in [0.25, 0.3) is 10.8 Å². The van der Waals surface area contributed by atoms with Crippen LogP contribution >= 0.6 is 23.4 Å². The number of hydrogen-bond donors (Lipinski definition) is 1. The van der Waals surface area contributed by atoms with E-state index in [4.69, 9.17) is 16.3 Å². The van der Waals surface area contributed by atoms with Crippen LogP contribution in [0.15, 0.2) is 58.3 Å². The maximum Gasteiger partial charge on any atom is 0.360 e. The first kappa shape index (κ1) is 18.5. The number of esters is 1. The highest BCUT2D eigenvalue weighted by atomic mass is 35.5. The van der Waals surface area contributed by atoms with E-state index < -0.39 is 5.97 Å². The second-order valence-corrected chi connectivity index (χ2v) is 7.22. The fourth-order valence-electron chi connectivity index (χ4n) is 2.45. The first-order valence-corrected chi connectivity index (χ1v) is 9.52. The molecule has 6 heteroatoms. The van der Waals surface area contributed by atoms with Crippen molar-refractivity contribution in [1.29, 1.82) is 0 Å². The average Bonchev–Trinajstić information content (AvgIpc) is 2.65. The molecule has 1 N–H and O–H groups in total. The second kappa shape index (κ2) is 8.43. The van der Waals surface area contributed by atoms with Gasteiger partial charge in [-0.05, 0) is 36.8 Å². The number of carbonyl (C=O) groups excluding carboxylic acids is 1. The third-order valence-electron chi connectivity index (χ3n) is 3.81. The topological polar surface area (TPSA) is 59.4 Å². The van der Waals surface area contributed by atoms with Crippen molar-refractivity contribution in [2.75, 3.05) is 6.61 Å². The van der Waals surface area contributed by atoms with Crippen molar-refractivity contribution in [3.63, 3.8) is 0 Å². The Bertz CT molecular complexity index is 931. The number of hydrogen-bond acceptors (Lipinski definition) is 5. The third kappa shape index (κ3) is 4.11. The Hall–Kier alpha value is -2.24. The molecule has 3 aromatic rings. The van der Waals surface area contributed by atoms with Crippen molar-refractivity contribution in [2.45, 2.75) is 29.6 Å². The number of benzene rings is 2. The molecule has 3 rings (SSSR count). The van der Waals surface area contributed by atoms with Gasteiger partial charge in [0.2, 0.25) is 0 Å². The summed E-state index contributed by atoms with van der Waals surface area (Å²) in [6.45, 7) is 2.29. The van der Waals surface area contributed by atoms with Gasteiger partial charge in [0.1, 0.15) is 5.15 Å². The van der Waals surface area contributed by atoms with Gasteiger partial charge in [-0.15, -0.1) is 0 Å². The zero-order chi connectivity index (χ0) is 18.5. The minimum Gasteiger partial charge on any atom is -0.505 e. The Morgan fingerprint density at radius 3 is 2.65 bits per heavy atom. The summed E-state index contributed by atoms with van der Waals surface area (Å²) in [4.78, 5) is 18.3. The molecule has 0 spiro atoms. The number of pyridine rings is 1. The van der Waals surface area contributed by atoms with Gasteiger partial charge in [-0.3, -0.25) is 0 Å². The summed E-state index contributed by atoms with van der Waals surface area (Å²) in [5.74, 6) is -0.871. The lowest BCUT2D eigenvalue weighted by Crippen LogP contribution is -2.09. The SMILES string of the molecule is CCCCOC(=O)c1nc(Cl)c2cc(Sc3ccccc3)ccc2c1O. The molecule has 26 heavy (non-hydrogen) atoms. The van der Waals surface area contributed by atoms with Crippen LogP contribution in [0.1, 0.15) is 30.3 Å². The number of ether oxygens (including phenoxy) is 1. The van der Waals surface area contributed by atoms with Crippen LogP contribution in [0.2, 0.25) is 5.15 Å². The van der Waals surface area contributed by atoms with Crippen molar-refractivity contribution in [3.05, 3.63) is 59.4 Å². The van der Waals surface area contributed by atoms with Gasteiger partial charge in [0.25, 0.3) is 0 Å². The second-order valence-electron chi connectivity index (χ2n) is 5.71. The molecule has 0 aliphatic heterocycles. The summed E-state index contributed by atoms with van der Waals surface area (Å²) in [6, 6.07) is 15.4. The van der Waals surface area contributed by atoms with Crippen molar-refractivity contribution in [2.24, 2.45) is 0 Å². The summed E-state index contributed by atoms with van der Waals surface area (Å²) in [5.41, 5.74) is -0.151. The largest absolute Gasteiger partial charge is 0.505 e. The van der Waals surface area contributed by atoms with Crippen molar-refractivity contribution >= 4 is 40.1 Å². The van der Waals surface area contributed by atoms with Gasteiger partial charge in [-0.2, -0.15) is 0 Å². The molecule has 1 heterocycles. The minimum absolute atomic E-state index is 0.151. The molecule has 0 bridgehead atoms. The number of nitrogens with zero attached hydrogens (tertiary/aromatic N) is 1. The normalized spacial score (nSPS) is 10.8. The highest BCUT2D eigenvalue weighted by Gasteiger charge is 2.20. The van der Waals surface area contributed by atoms with E-state index in [2.05, 4.69) is 4.98 Å². The number of halogens is 1. The van der Waals surface area contributed by atoms with Gasteiger partial charge < -0.3 is 9.84 Å². The Morgan fingerprint density at radius 2 is 1.92 bits per heavy atom. The minimum atomic E-state index is -0.664. The molecule has 134 valence electrons. The summed E-state index contributed by atoms with van der Waals surface area (Å²) < 4.78 is 5.13. The molecular formula is C20H18ClNO3S. The fourth-order valence-corrected chi connectivity index (χ4v) is 3.57. The van der Waals surface area contributed by atoms with E-state index >= 15 is 0 Å². The standard InChI is InChI=1S/C20H18ClNO3S/c1-2-3-11-25-20(24)17-18(23)15-10-9-14(12-16(15)19(21)22-17)26-13-7-5-4-6-8-13/h4-10,12,23H,2-3,11H2,1H3. The average molecular weight is 388 g/mol. The number of fused-ring (bicyclic) bond motifs is 1. The van der Waals surface area contributed by atoms with Crippen molar-refractivity contribution in [3.8, 4) is 5.75 Å². The lowest BCUT2D eigenvalue weighted by atomic mass is 10.1. The van der Waals surface area contributed by atoms with Crippen LogP contribution in [-0.4, -0.2) is 22.7 Å². The molecule has 0 atom stereocenters. The molecule has 4 nitrogen and oxygen atoms in total. The van der Waals surface area contributed by atoms with Crippen LogP contribution in [0, 0.1) is 0 Å². The van der Waals surface area contributed by atoms with Crippen LogP contribution in [0.5, 0.6) is 5.75 Å². The van der Waals surface area contributed by atoms with E-state index in [-0.39, 0.29) is 16.6 Å². The molecule has 0 aliphatic rings. The maximum absolute atomic E-state index is 12.1. The molecule has 2 aromatic carbocycles. The summed E-state index contributed by atoms with van der Waals surface area (Å²) in [6.07, 6.45) is 1.67. The smallest absolute Gasteiger partial charge is 0.360 e. The van der Waals surface area contributed by atoms with Crippen LogP contribution in [-0.2, 0) is 4.74 Å². The monoisotopic (exact) mass is 387 g/mol. The summed E-state index contributed by atoms with van der Waals surface area (Å²) >= 11 is 7.86. The first-order chi connectivity index (χ1) is 12.6. The van der Waals surface area contributed by atoms with Gasteiger partial charge in [0.05, 0.1) is 6.61 Å². The lowest BCUT2D eigenvalue weighted by molar-refractivity contribution is 0.0489. The Kier molecular flexibility index (Phi) is 6.01. The van der Waals surface area contributed by atoms with Crippen LogP contribution in [0.3, 0.4) is 0 Å². The highest BCUT2D eigenvalue weighted by molar-refractivity contribution is 7.99. The van der Waals surface area contributed by atoms with E-state index in [1.807, 2.05) is 49.4 Å². The van der Waals surface area contributed by atoms with E-state index in [1.165, 1.54) is 0 Å². The van der Waals surface area contributed by atoms with Gasteiger partial charge >= 0.3 is 5.97 Å². The molecular weight excluding hydrogens is 370 g/mol. The predicted molar refractivity (Wildman–Crippen MR) is 104 cm³/mol. The highest BCUT2D eigenvalue weighted by Crippen LogP contribution is 2.36. The molecule has 0 saturated carbocycles. The van der Waals surface area contributed by atoms with Crippen LogP contribution < -0.4 is 0 Å². The lowest BCUT2D eigenvalue weighted by Gasteiger charge is -2.10. The number of aromatic nitrogens is 1. The number of rotatable bonds is 6. The molecule has 0 aliphatic carbocycles. The quantitative estimate of drug-likeness (QED) is 0.334. The number of unbranched alkanes of at least 4 members (excludes halogenated alkanes) is 1. The Labute approximate surface area is 161 Å². The Morgan fingerprint density at radius 1 is 1.15 bits per heavy atom. The Balaban J connectivity index is 1.92. The van der Waals surface area contributed by atoms with Crippen molar-refractivity contribution in [1.82, 2.24) is 4.98 Å². The molecule has 0 fully saturated rings. The molecule has 0 saturated heterocycles. The summed E-state index contributed by atoms with van der Waals surface area (Å²) in [5, 5.41) is 11.7. The van der Waals surface area contributed by atoms with E-state index in [0.717, 1.165) is 22.6 Å². The van der Waals surface area contributed by atoms with Gasteiger partial charge in [-0.1, -0.05) is 54.9 Å². The number of aromatic hydroxyl groups is 1. The zero-order valence-corrected chi connectivity index (χ0v) is 15.8.